The van der Waals surface area contributed by atoms with Crippen LogP contribution in [0, 0.1) is 0 Å². The molecule has 120 valence electrons. The maximum absolute atomic E-state index is 12.6. The second-order valence-electron chi connectivity index (χ2n) is 5.22. The van der Waals surface area contributed by atoms with E-state index in [0.717, 1.165) is 12.8 Å². The van der Waals surface area contributed by atoms with E-state index < -0.39 is 0 Å². The third kappa shape index (κ3) is 3.56. The third-order valence-corrected chi connectivity index (χ3v) is 3.77. The van der Waals surface area contributed by atoms with Crippen LogP contribution in [-0.4, -0.2) is 52.1 Å². The summed E-state index contributed by atoms with van der Waals surface area (Å²) in [7, 11) is 1.51. The molecule has 0 N–H and O–H groups in total. The molecule has 0 aromatic carbocycles. The van der Waals surface area contributed by atoms with Gasteiger partial charge in [-0.1, -0.05) is 0 Å². The zero-order valence-corrected chi connectivity index (χ0v) is 12.9. The van der Waals surface area contributed by atoms with Crippen molar-refractivity contribution >= 4 is 5.91 Å². The number of methoxy groups -OCH3 is 1. The Morgan fingerprint density at radius 1 is 1.22 bits per heavy atom. The Hall–Kier alpha value is -2.70. The number of carbonyl (C=O) groups excluding carboxylic acids is 1. The summed E-state index contributed by atoms with van der Waals surface area (Å²) in [5, 5.41) is 0. The van der Waals surface area contributed by atoms with Crippen molar-refractivity contribution in [3.63, 3.8) is 0 Å². The molecule has 7 heteroatoms. The van der Waals surface area contributed by atoms with Gasteiger partial charge in [-0.2, -0.15) is 0 Å². The summed E-state index contributed by atoms with van der Waals surface area (Å²) in [5.41, 5.74) is 0.491. The Morgan fingerprint density at radius 2 is 2.04 bits per heavy atom. The monoisotopic (exact) mass is 314 g/mol. The smallest absolute Gasteiger partial charge is 0.259 e. The number of piperidine rings is 1. The first kappa shape index (κ1) is 15.2. The number of hydrogen-bond acceptors (Lipinski definition) is 6. The fourth-order valence-corrected chi connectivity index (χ4v) is 2.58. The Bertz CT molecular complexity index is 657. The number of pyridine rings is 1. The van der Waals surface area contributed by atoms with E-state index in [-0.39, 0.29) is 12.0 Å². The van der Waals surface area contributed by atoms with Crippen molar-refractivity contribution in [3.8, 4) is 11.8 Å². The fraction of sp³-hybridized carbons (Fsp3) is 0.375. The molecule has 7 nitrogen and oxygen atoms in total. The highest BCUT2D eigenvalue weighted by molar-refractivity contribution is 5.96. The summed E-state index contributed by atoms with van der Waals surface area (Å²) in [6.07, 6.45) is 6.30. The first-order valence-corrected chi connectivity index (χ1v) is 7.49. The summed E-state index contributed by atoms with van der Waals surface area (Å²) < 4.78 is 11.0. The molecule has 1 amide bonds. The van der Waals surface area contributed by atoms with Crippen LogP contribution in [0.2, 0.25) is 0 Å². The molecule has 0 spiro atoms. The van der Waals surface area contributed by atoms with Gasteiger partial charge in [0.1, 0.15) is 18.0 Å². The van der Waals surface area contributed by atoms with Crippen LogP contribution in [0.1, 0.15) is 23.2 Å². The standard InChI is InChI=1S/C16H18N4O3/c1-22-15-13(3-2-7-18-15)16(21)20-9-5-12(6-10-20)23-14-4-8-17-11-19-14/h2-4,7-8,11-12H,5-6,9-10H2,1H3. The molecule has 0 radical (unpaired) electrons. The van der Waals surface area contributed by atoms with Gasteiger partial charge in [0.05, 0.1) is 7.11 Å². The lowest BCUT2D eigenvalue weighted by Gasteiger charge is -2.32. The predicted molar refractivity (Wildman–Crippen MR) is 82.4 cm³/mol. The van der Waals surface area contributed by atoms with Crippen molar-refractivity contribution in [1.82, 2.24) is 19.9 Å². The largest absolute Gasteiger partial charge is 0.480 e. The van der Waals surface area contributed by atoms with Gasteiger partial charge in [0.25, 0.3) is 5.91 Å². The van der Waals surface area contributed by atoms with Crippen LogP contribution >= 0.6 is 0 Å². The SMILES string of the molecule is COc1ncccc1C(=O)N1CCC(Oc2ccncn2)CC1. The van der Waals surface area contributed by atoms with Gasteiger partial charge in [-0.25, -0.2) is 15.0 Å². The van der Waals surface area contributed by atoms with Crippen LogP contribution in [0.25, 0.3) is 0 Å². The molecular formula is C16H18N4O3. The second-order valence-corrected chi connectivity index (χ2v) is 5.22. The highest BCUT2D eigenvalue weighted by Crippen LogP contribution is 2.21. The van der Waals surface area contributed by atoms with E-state index in [1.807, 2.05) is 0 Å². The van der Waals surface area contributed by atoms with E-state index in [1.165, 1.54) is 13.4 Å². The fourth-order valence-electron chi connectivity index (χ4n) is 2.58. The molecule has 3 heterocycles. The third-order valence-electron chi connectivity index (χ3n) is 3.77. The lowest BCUT2D eigenvalue weighted by molar-refractivity contribution is 0.0584. The van der Waals surface area contributed by atoms with E-state index in [9.17, 15) is 4.79 Å². The second kappa shape index (κ2) is 7.04. The van der Waals surface area contributed by atoms with Crippen LogP contribution in [0.15, 0.2) is 36.9 Å². The van der Waals surface area contributed by atoms with Gasteiger partial charge < -0.3 is 14.4 Å². The zero-order valence-electron chi connectivity index (χ0n) is 12.9. The molecular weight excluding hydrogens is 296 g/mol. The zero-order chi connectivity index (χ0) is 16.1. The molecule has 0 bridgehead atoms. The maximum Gasteiger partial charge on any atom is 0.259 e. The lowest BCUT2D eigenvalue weighted by Crippen LogP contribution is -2.42. The number of ether oxygens (including phenoxy) is 2. The summed E-state index contributed by atoms with van der Waals surface area (Å²) in [6, 6.07) is 5.20. The number of hydrogen-bond donors (Lipinski definition) is 0. The quantitative estimate of drug-likeness (QED) is 0.852. The molecule has 1 fully saturated rings. The van der Waals surface area contributed by atoms with Gasteiger partial charge in [-0.15, -0.1) is 0 Å². The predicted octanol–water partition coefficient (Wildman–Crippen LogP) is 1.56. The van der Waals surface area contributed by atoms with Crippen LogP contribution in [0.3, 0.4) is 0 Å². The Labute approximate surface area is 134 Å². The maximum atomic E-state index is 12.6. The van der Waals surface area contributed by atoms with E-state index in [4.69, 9.17) is 9.47 Å². The first-order valence-electron chi connectivity index (χ1n) is 7.49. The van der Waals surface area contributed by atoms with Crippen LogP contribution in [0.4, 0.5) is 0 Å². The minimum Gasteiger partial charge on any atom is -0.480 e. The molecule has 0 atom stereocenters. The van der Waals surface area contributed by atoms with Gasteiger partial charge in [-0.05, 0) is 12.1 Å². The van der Waals surface area contributed by atoms with E-state index in [0.29, 0.717) is 30.4 Å². The number of aromatic nitrogens is 3. The van der Waals surface area contributed by atoms with E-state index in [1.54, 1.807) is 35.5 Å². The van der Waals surface area contributed by atoms with Crippen LogP contribution in [0.5, 0.6) is 11.8 Å². The molecule has 0 saturated carbocycles. The highest BCUT2D eigenvalue weighted by atomic mass is 16.5. The molecule has 3 rings (SSSR count). The summed E-state index contributed by atoms with van der Waals surface area (Å²) in [5.74, 6) is 0.867. The number of nitrogens with zero attached hydrogens (tertiary/aromatic N) is 4. The van der Waals surface area contributed by atoms with E-state index >= 15 is 0 Å². The van der Waals surface area contributed by atoms with Gasteiger partial charge in [0.2, 0.25) is 11.8 Å². The summed E-state index contributed by atoms with van der Waals surface area (Å²) in [6.45, 7) is 1.26. The molecule has 1 aliphatic rings. The van der Waals surface area contributed by atoms with Gasteiger partial charge in [0.15, 0.2) is 0 Å². The van der Waals surface area contributed by atoms with E-state index in [2.05, 4.69) is 15.0 Å². The minimum atomic E-state index is -0.0598. The van der Waals surface area contributed by atoms with Crippen molar-refractivity contribution in [2.24, 2.45) is 0 Å². The normalized spacial score (nSPS) is 15.3. The highest BCUT2D eigenvalue weighted by Gasteiger charge is 2.26. The minimum absolute atomic E-state index is 0.0598. The lowest BCUT2D eigenvalue weighted by atomic mass is 10.1. The van der Waals surface area contributed by atoms with Crippen LogP contribution in [-0.2, 0) is 0 Å². The molecule has 1 aliphatic heterocycles. The van der Waals surface area contributed by atoms with Gasteiger partial charge >= 0.3 is 0 Å². The number of likely N-dealkylation sites (tertiary alicyclic amines) is 1. The van der Waals surface area contributed by atoms with Gasteiger partial charge in [-0.3, -0.25) is 4.79 Å². The first-order chi connectivity index (χ1) is 11.3. The molecule has 23 heavy (non-hydrogen) atoms. The topological polar surface area (TPSA) is 77.4 Å². The average molecular weight is 314 g/mol. The van der Waals surface area contributed by atoms with Gasteiger partial charge in [0, 0.05) is 44.4 Å². The van der Waals surface area contributed by atoms with Crippen molar-refractivity contribution in [2.75, 3.05) is 20.2 Å². The number of carbonyl (C=O) groups is 1. The Balaban J connectivity index is 1.59. The molecule has 2 aromatic heterocycles. The number of rotatable bonds is 4. The molecule has 0 unspecified atom stereocenters. The van der Waals surface area contributed by atoms with Crippen LogP contribution < -0.4 is 9.47 Å². The molecule has 0 aliphatic carbocycles. The number of amides is 1. The van der Waals surface area contributed by atoms with Crippen molar-refractivity contribution < 1.29 is 14.3 Å². The van der Waals surface area contributed by atoms with Crippen molar-refractivity contribution in [3.05, 3.63) is 42.5 Å². The Kier molecular flexibility index (Phi) is 4.65. The molecule has 2 aromatic rings. The Morgan fingerprint density at radius 3 is 2.74 bits per heavy atom. The molecule has 1 saturated heterocycles. The summed E-state index contributed by atoms with van der Waals surface area (Å²) >= 11 is 0. The average Bonchev–Trinajstić information content (AvgIpc) is 2.62. The van der Waals surface area contributed by atoms with Crippen molar-refractivity contribution in [1.29, 1.82) is 0 Å². The summed E-state index contributed by atoms with van der Waals surface area (Å²) in [4.78, 5) is 26.4. The van der Waals surface area contributed by atoms with Crippen molar-refractivity contribution in [2.45, 2.75) is 18.9 Å².